The molecule has 1 aromatic rings. The number of hydrogen-bond acceptors (Lipinski definition) is 4. The van der Waals surface area contributed by atoms with Gasteiger partial charge in [0, 0.05) is 0 Å². The Labute approximate surface area is 107 Å². The molecule has 1 atom stereocenters. The molecule has 6 heteroatoms. The molecule has 98 valence electrons. The second-order valence-corrected chi connectivity index (χ2v) is 6.33. The Hall–Kier alpha value is -1.42. The van der Waals surface area contributed by atoms with E-state index in [-0.39, 0.29) is 10.5 Å². The highest BCUT2D eigenvalue weighted by molar-refractivity contribution is 7.89. The lowest BCUT2D eigenvalue weighted by Gasteiger charge is -2.28. The summed E-state index contributed by atoms with van der Waals surface area (Å²) in [6, 6.07) is 7.61. The molecule has 0 aliphatic heterocycles. The Morgan fingerprint density at radius 1 is 1.44 bits per heavy atom. The summed E-state index contributed by atoms with van der Waals surface area (Å²) in [7, 11) is -3.76. The number of benzene rings is 1. The molecular weight excluding hydrogens is 252 g/mol. The van der Waals surface area contributed by atoms with Crippen LogP contribution in [-0.4, -0.2) is 25.2 Å². The molecule has 1 aromatic carbocycles. The minimum atomic E-state index is -3.76. The maximum absolute atomic E-state index is 12.1. The van der Waals surface area contributed by atoms with Gasteiger partial charge in [0.25, 0.3) is 0 Å². The zero-order valence-electron chi connectivity index (χ0n) is 10.5. The third kappa shape index (κ3) is 3.29. The number of nitrogens with zero attached hydrogens (tertiary/aromatic N) is 1. The van der Waals surface area contributed by atoms with Crippen LogP contribution in [0.25, 0.3) is 0 Å². The molecule has 0 aromatic heterocycles. The summed E-state index contributed by atoms with van der Waals surface area (Å²) >= 11 is 0. The lowest BCUT2D eigenvalue weighted by atomic mass is 10.0. The predicted molar refractivity (Wildman–Crippen MR) is 67.2 cm³/mol. The van der Waals surface area contributed by atoms with Gasteiger partial charge in [0.1, 0.15) is 0 Å². The Kier molecular flexibility index (Phi) is 4.12. The van der Waals surface area contributed by atoms with Crippen LogP contribution < -0.4 is 4.72 Å². The topological polar surface area (TPSA) is 90.2 Å². The molecule has 0 saturated carbocycles. The van der Waals surface area contributed by atoms with Crippen LogP contribution >= 0.6 is 0 Å². The van der Waals surface area contributed by atoms with Gasteiger partial charge in [-0.15, -0.1) is 0 Å². The summed E-state index contributed by atoms with van der Waals surface area (Å²) < 4.78 is 26.6. The van der Waals surface area contributed by atoms with Crippen molar-refractivity contribution in [3.8, 4) is 6.07 Å². The Morgan fingerprint density at radius 2 is 2.06 bits per heavy atom. The van der Waals surface area contributed by atoms with E-state index < -0.39 is 21.7 Å². The summed E-state index contributed by atoms with van der Waals surface area (Å²) in [4.78, 5) is 0.00951. The van der Waals surface area contributed by atoms with Crippen molar-refractivity contribution < 1.29 is 13.5 Å². The Balaban J connectivity index is 3.12. The van der Waals surface area contributed by atoms with Crippen molar-refractivity contribution in [3.05, 3.63) is 29.8 Å². The van der Waals surface area contributed by atoms with E-state index in [0.717, 1.165) is 0 Å². The minimum absolute atomic E-state index is 0.00951. The number of nitriles is 1. The van der Waals surface area contributed by atoms with Crippen LogP contribution in [0.15, 0.2) is 29.2 Å². The largest absolute Gasteiger partial charge is 0.391 e. The van der Waals surface area contributed by atoms with Crippen LogP contribution in [-0.2, 0) is 10.0 Å². The van der Waals surface area contributed by atoms with Crippen LogP contribution in [0.2, 0.25) is 0 Å². The van der Waals surface area contributed by atoms with Gasteiger partial charge in [-0.05, 0) is 39.0 Å². The molecule has 0 aliphatic rings. The van der Waals surface area contributed by atoms with E-state index in [0.29, 0.717) is 0 Å². The smallest absolute Gasteiger partial charge is 0.241 e. The lowest BCUT2D eigenvalue weighted by molar-refractivity contribution is 0.111. The SMILES string of the molecule is CC(O)C(C)(C)NS(=O)(=O)c1cccc(C#N)c1. The second-order valence-electron chi connectivity index (χ2n) is 4.64. The number of rotatable bonds is 4. The molecule has 1 unspecified atom stereocenters. The van der Waals surface area contributed by atoms with Crippen molar-refractivity contribution in [1.82, 2.24) is 4.72 Å². The molecule has 0 radical (unpaired) electrons. The summed E-state index contributed by atoms with van der Waals surface area (Å²) in [6.45, 7) is 4.68. The summed E-state index contributed by atoms with van der Waals surface area (Å²) in [5.41, 5.74) is -0.714. The van der Waals surface area contributed by atoms with E-state index in [1.165, 1.54) is 31.2 Å². The van der Waals surface area contributed by atoms with E-state index in [4.69, 9.17) is 5.26 Å². The van der Waals surface area contributed by atoms with Crippen molar-refractivity contribution in [3.63, 3.8) is 0 Å². The quantitative estimate of drug-likeness (QED) is 0.852. The van der Waals surface area contributed by atoms with E-state index >= 15 is 0 Å². The van der Waals surface area contributed by atoms with Gasteiger partial charge in [0.2, 0.25) is 10.0 Å². The van der Waals surface area contributed by atoms with E-state index in [2.05, 4.69) is 4.72 Å². The molecule has 0 amide bonds. The van der Waals surface area contributed by atoms with Gasteiger partial charge in [-0.25, -0.2) is 13.1 Å². The highest BCUT2D eigenvalue weighted by Crippen LogP contribution is 2.16. The van der Waals surface area contributed by atoms with Crippen LogP contribution in [0.4, 0.5) is 0 Å². The molecular formula is C12H16N2O3S. The van der Waals surface area contributed by atoms with Crippen LogP contribution in [0, 0.1) is 11.3 Å². The summed E-state index contributed by atoms with van der Waals surface area (Å²) in [6.07, 6.45) is -0.841. The zero-order valence-corrected chi connectivity index (χ0v) is 11.3. The first-order chi connectivity index (χ1) is 8.19. The van der Waals surface area contributed by atoms with E-state index in [1.807, 2.05) is 6.07 Å². The highest BCUT2D eigenvalue weighted by Gasteiger charge is 2.30. The van der Waals surface area contributed by atoms with Crippen molar-refractivity contribution in [2.45, 2.75) is 37.3 Å². The maximum Gasteiger partial charge on any atom is 0.241 e. The Morgan fingerprint density at radius 3 is 2.56 bits per heavy atom. The molecule has 0 saturated heterocycles. The highest BCUT2D eigenvalue weighted by atomic mass is 32.2. The average Bonchev–Trinajstić information content (AvgIpc) is 2.27. The molecule has 0 bridgehead atoms. The fraction of sp³-hybridized carbons (Fsp3) is 0.417. The van der Waals surface area contributed by atoms with Gasteiger partial charge < -0.3 is 5.11 Å². The zero-order chi connectivity index (χ0) is 14.0. The van der Waals surface area contributed by atoms with Gasteiger partial charge in [-0.2, -0.15) is 5.26 Å². The number of nitrogens with one attached hydrogen (secondary N) is 1. The number of aliphatic hydroxyl groups excluding tert-OH is 1. The minimum Gasteiger partial charge on any atom is -0.391 e. The van der Waals surface area contributed by atoms with E-state index in [1.54, 1.807) is 13.8 Å². The molecule has 0 heterocycles. The number of hydrogen-bond donors (Lipinski definition) is 2. The molecule has 18 heavy (non-hydrogen) atoms. The monoisotopic (exact) mass is 268 g/mol. The van der Waals surface area contributed by atoms with Gasteiger partial charge in [-0.3, -0.25) is 0 Å². The molecule has 5 nitrogen and oxygen atoms in total. The fourth-order valence-electron chi connectivity index (χ4n) is 1.22. The van der Waals surface area contributed by atoms with Gasteiger partial charge >= 0.3 is 0 Å². The molecule has 2 N–H and O–H groups in total. The van der Waals surface area contributed by atoms with E-state index in [9.17, 15) is 13.5 Å². The number of sulfonamides is 1. The first-order valence-electron chi connectivity index (χ1n) is 5.41. The fourth-order valence-corrected chi connectivity index (χ4v) is 2.74. The van der Waals surface area contributed by atoms with Crippen molar-refractivity contribution in [2.75, 3.05) is 0 Å². The maximum atomic E-state index is 12.1. The average molecular weight is 268 g/mol. The first-order valence-corrected chi connectivity index (χ1v) is 6.89. The van der Waals surface area contributed by atoms with Crippen molar-refractivity contribution >= 4 is 10.0 Å². The van der Waals surface area contributed by atoms with Gasteiger partial charge in [-0.1, -0.05) is 6.07 Å². The molecule has 0 spiro atoms. The second kappa shape index (κ2) is 5.06. The van der Waals surface area contributed by atoms with Crippen molar-refractivity contribution in [1.29, 1.82) is 5.26 Å². The molecule has 0 fully saturated rings. The Bertz CT molecular complexity index is 571. The van der Waals surface area contributed by atoms with Gasteiger partial charge in [0.15, 0.2) is 0 Å². The normalized spacial score (nSPS) is 13.9. The third-order valence-corrected chi connectivity index (χ3v) is 4.38. The number of aliphatic hydroxyl groups is 1. The van der Waals surface area contributed by atoms with Crippen molar-refractivity contribution in [2.24, 2.45) is 0 Å². The standard InChI is InChI=1S/C12H16N2O3S/c1-9(15)12(2,3)14-18(16,17)11-6-4-5-10(7-11)8-13/h4-7,9,14-15H,1-3H3. The predicted octanol–water partition coefficient (Wildman–Crippen LogP) is 0.996. The van der Waals surface area contributed by atoms with Crippen LogP contribution in [0.3, 0.4) is 0 Å². The molecule has 0 aliphatic carbocycles. The third-order valence-electron chi connectivity index (χ3n) is 2.72. The molecule has 1 rings (SSSR count). The van der Waals surface area contributed by atoms with Gasteiger partial charge in [0.05, 0.1) is 28.2 Å². The summed E-state index contributed by atoms with van der Waals surface area (Å²) in [5, 5.41) is 18.3. The van der Waals surface area contributed by atoms with Crippen LogP contribution in [0.1, 0.15) is 26.3 Å². The first kappa shape index (κ1) is 14.6. The van der Waals surface area contributed by atoms with Crippen LogP contribution in [0.5, 0.6) is 0 Å². The lowest BCUT2D eigenvalue weighted by Crippen LogP contribution is -2.50. The summed E-state index contributed by atoms with van der Waals surface area (Å²) in [5.74, 6) is 0.